The second-order valence-corrected chi connectivity index (χ2v) is 6.19. The Morgan fingerprint density at radius 3 is 2.43 bits per heavy atom. The van der Waals surface area contributed by atoms with Crippen LogP contribution < -0.4 is 4.74 Å². The van der Waals surface area contributed by atoms with Crippen molar-refractivity contribution in [3.8, 4) is 17.8 Å². The Hall–Kier alpha value is -1.35. The van der Waals surface area contributed by atoms with Gasteiger partial charge in [0.2, 0.25) is 0 Å². The molecule has 0 saturated heterocycles. The number of hydrogen-bond donors (Lipinski definition) is 0. The maximum atomic E-state index is 8.86. The third-order valence-electron chi connectivity index (χ3n) is 2.62. The summed E-state index contributed by atoms with van der Waals surface area (Å²) in [5, 5.41) is 9.32. The Morgan fingerprint density at radius 1 is 1.29 bits per heavy atom. The highest BCUT2D eigenvalue weighted by Crippen LogP contribution is 2.37. The van der Waals surface area contributed by atoms with Gasteiger partial charge in [0.15, 0.2) is 5.75 Å². The number of halogens is 3. The summed E-state index contributed by atoms with van der Waals surface area (Å²) in [6, 6.07) is 5.07. The summed E-state index contributed by atoms with van der Waals surface area (Å²) in [6.07, 6.45) is 1.61. The predicted molar refractivity (Wildman–Crippen MR) is 85.1 cm³/mol. The zero-order chi connectivity index (χ0) is 15.6. The van der Waals surface area contributed by atoms with E-state index in [4.69, 9.17) is 33.2 Å². The van der Waals surface area contributed by atoms with Gasteiger partial charge in [0, 0.05) is 6.20 Å². The average molecular weight is 387 g/mol. The van der Waals surface area contributed by atoms with Gasteiger partial charge in [0.1, 0.15) is 0 Å². The van der Waals surface area contributed by atoms with Gasteiger partial charge in [-0.25, -0.2) is 4.98 Å². The third-order valence-corrected chi connectivity index (χ3v) is 3.79. The molecule has 0 bridgehead atoms. The first kappa shape index (κ1) is 16.0. The Bertz CT molecular complexity index is 706. The summed E-state index contributed by atoms with van der Waals surface area (Å²) in [4.78, 5) is 8.41. The van der Waals surface area contributed by atoms with Crippen LogP contribution in [0.2, 0.25) is 10.0 Å². The van der Waals surface area contributed by atoms with E-state index in [0.29, 0.717) is 5.56 Å². The van der Waals surface area contributed by atoms with Crippen LogP contribution in [-0.2, 0) is 0 Å². The summed E-state index contributed by atoms with van der Waals surface area (Å²) >= 11 is 15.5. The van der Waals surface area contributed by atoms with E-state index >= 15 is 0 Å². The standard InChI is InChI=1S/C14H10BrCl2N3O/c1-7(2)12-9(15)6-19-14(20-12)21-13-10(16)3-8(5-18)4-11(13)17/h3-4,6-7H,1-2H3. The van der Waals surface area contributed by atoms with Crippen molar-refractivity contribution in [2.24, 2.45) is 0 Å². The van der Waals surface area contributed by atoms with Crippen LogP contribution in [0, 0.1) is 11.3 Å². The Labute approximate surface area is 140 Å². The number of hydrogen-bond acceptors (Lipinski definition) is 4. The molecule has 0 aliphatic carbocycles. The maximum Gasteiger partial charge on any atom is 0.322 e. The molecule has 1 heterocycles. The van der Waals surface area contributed by atoms with E-state index in [1.807, 2.05) is 19.9 Å². The fraction of sp³-hybridized carbons (Fsp3) is 0.214. The van der Waals surface area contributed by atoms with Gasteiger partial charge < -0.3 is 4.74 Å². The molecule has 21 heavy (non-hydrogen) atoms. The minimum atomic E-state index is 0.149. The van der Waals surface area contributed by atoms with Crippen LogP contribution in [0.25, 0.3) is 0 Å². The largest absolute Gasteiger partial charge is 0.421 e. The number of nitrogens with zero attached hydrogens (tertiary/aromatic N) is 3. The van der Waals surface area contributed by atoms with Crippen LogP contribution in [0.3, 0.4) is 0 Å². The Balaban J connectivity index is 2.39. The molecule has 0 N–H and O–H groups in total. The Kier molecular flexibility index (Phi) is 5.04. The molecular formula is C14H10BrCl2N3O. The molecular weight excluding hydrogens is 377 g/mol. The normalized spacial score (nSPS) is 10.5. The van der Waals surface area contributed by atoms with Crippen LogP contribution in [0.4, 0.5) is 0 Å². The molecule has 2 aromatic rings. The first-order valence-electron chi connectivity index (χ1n) is 6.01. The Morgan fingerprint density at radius 2 is 1.90 bits per heavy atom. The van der Waals surface area contributed by atoms with Crippen molar-refractivity contribution in [1.29, 1.82) is 5.26 Å². The molecule has 0 atom stereocenters. The van der Waals surface area contributed by atoms with E-state index in [2.05, 4.69) is 25.9 Å². The number of ether oxygens (including phenoxy) is 1. The van der Waals surface area contributed by atoms with Crippen LogP contribution in [0.5, 0.6) is 11.8 Å². The van der Waals surface area contributed by atoms with Crippen molar-refractivity contribution in [3.05, 3.63) is 44.1 Å². The minimum Gasteiger partial charge on any atom is -0.421 e. The molecule has 0 aliphatic heterocycles. The van der Waals surface area contributed by atoms with Gasteiger partial charge in [-0.3, -0.25) is 0 Å². The van der Waals surface area contributed by atoms with Gasteiger partial charge in [-0.1, -0.05) is 37.0 Å². The molecule has 2 rings (SSSR count). The number of rotatable bonds is 3. The number of benzene rings is 1. The van der Waals surface area contributed by atoms with E-state index in [1.165, 1.54) is 12.1 Å². The zero-order valence-corrected chi connectivity index (χ0v) is 14.3. The minimum absolute atomic E-state index is 0.149. The molecule has 1 aromatic carbocycles. The van der Waals surface area contributed by atoms with E-state index < -0.39 is 0 Å². The molecule has 7 heteroatoms. The molecule has 0 aliphatic rings. The number of nitriles is 1. The topological polar surface area (TPSA) is 58.8 Å². The molecule has 0 fully saturated rings. The molecule has 108 valence electrons. The molecule has 0 amide bonds. The number of aromatic nitrogens is 2. The van der Waals surface area contributed by atoms with Crippen molar-refractivity contribution in [1.82, 2.24) is 9.97 Å². The zero-order valence-electron chi connectivity index (χ0n) is 11.2. The van der Waals surface area contributed by atoms with Gasteiger partial charge in [-0.05, 0) is 34.0 Å². The first-order chi connectivity index (χ1) is 9.92. The second kappa shape index (κ2) is 6.61. The van der Waals surface area contributed by atoms with E-state index in [9.17, 15) is 0 Å². The van der Waals surface area contributed by atoms with Gasteiger partial charge in [0.25, 0.3) is 0 Å². The van der Waals surface area contributed by atoms with Crippen LogP contribution in [0.15, 0.2) is 22.8 Å². The summed E-state index contributed by atoms with van der Waals surface area (Å²) in [5.41, 5.74) is 1.18. The summed E-state index contributed by atoms with van der Waals surface area (Å²) in [7, 11) is 0. The van der Waals surface area contributed by atoms with Crippen molar-refractivity contribution in [2.75, 3.05) is 0 Å². The molecule has 4 nitrogen and oxygen atoms in total. The lowest BCUT2D eigenvalue weighted by atomic mass is 10.1. The fourth-order valence-electron chi connectivity index (χ4n) is 1.63. The summed E-state index contributed by atoms with van der Waals surface area (Å²) in [6.45, 7) is 4.02. The van der Waals surface area contributed by atoms with Gasteiger partial charge >= 0.3 is 6.01 Å². The summed E-state index contributed by atoms with van der Waals surface area (Å²) in [5.74, 6) is 0.436. The van der Waals surface area contributed by atoms with Crippen molar-refractivity contribution < 1.29 is 4.74 Å². The lowest BCUT2D eigenvalue weighted by molar-refractivity contribution is 0.438. The van der Waals surface area contributed by atoms with Crippen LogP contribution in [-0.4, -0.2) is 9.97 Å². The van der Waals surface area contributed by atoms with Crippen LogP contribution >= 0.6 is 39.1 Å². The monoisotopic (exact) mass is 385 g/mol. The second-order valence-electron chi connectivity index (χ2n) is 4.52. The molecule has 0 saturated carbocycles. The van der Waals surface area contributed by atoms with Crippen LogP contribution in [0.1, 0.15) is 31.0 Å². The van der Waals surface area contributed by atoms with Crippen molar-refractivity contribution in [2.45, 2.75) is 19.8 Å². The highest BCUT2D eigenvalue weighted by Gasteiger charge is 2.15. The first-order valence-corrected chi connectivity index (χ1v) is 7.56. The van der Waals surface area contributed by atoms with Gasteiger partial charge in [0.05, 0.1) is 31.8 Å². The molecule has 0 spiro atoms. The van der Waals surface area contributed by atoms with Crippen molar-refractivity contribution in [3.63, 3.8) is 0 Å². The third kappa shape index (κ3) is 3.65. The van der Waals surface area contributed by atoms with E-state index in [1.54, 1.807) is 6.20 Å². The quantitative estimate of drug-likeness (QED) is 0.714. The van der Waals surface area contributed by atoms with E-state index in [-0.39, 0.29) is 27.7 Å². The lowest BCUT2D eigenvalue weighted by Gasteiger charge is -2.11. The lowest BCUT2D eigenvalue weighted by Crippen LogP contribution is -2.00. The van der Waals surface area contributed by atoms with E-state index in [0.717, 1.165) is 10.2 Å². The highest BCUT2D eigenvalue weighted by molar-refractivity contribution is 9.10. The smallest absolute Gasteiger partial charge is 0.322 e. The average Bonchev–Trinajstić information content (AvgIpc) is 2.43. The van der Waals surface area contributed by atoms with Gasteiger partial charge in [-0.2, -0.15) is 10.2 Å². The maximum absolute atomic E-state index is 8.86. The fourth-order valence-corrected chi connectivity index (χ4v) is 2.84. The predicted octanol–water partition coefficient (Wildman–Crippen LogP) is 5.33. The van der Waals surface area contributed by atoms with Gasteiger partial charge in [-0.15, -0.1) is 0 Å². The molecule has 1 aromatic heterocycles. The highest BCUT2D eigenvalue weighted by atomic mass is 79.9. The molecule has 0 unspecified atom stereocenters. The summed E-state index contributed by atoms with van der Waals surface area (Å²) < 4.78 is 6.38. The molecule has 0 radical (unpaired) electrons. The SMILES string of the molecule is CC(C)c1nc(Oc2c(Cl)cc(C#N)cc2Cl)ncc1Br. The van der Waals surface area contributed by atoms with Crippen molar-refractivity contribution >= 4 is 39.1 Å².